The monoisotopic (exact) mass is 198 g/mol. The summed E-state index contributed by atoms with van der Waals surface area (Å²) in [5.74, 6) is -1.44. The van der Waals surface area contributed by atoms with Crippen molar-refractivity contribution < 1.29 is 18.3 Å². The zero-order valence-corrected chi connectivity index (χ0v) is 7.28. The van der Waals surface area contributed by atoms with E-state index in [0.717, 1.165) is 0 Å². The molecule has 0 atom stereocenters. The molecule has 1 aromatic carbocycles. The first-order valence-electron chi connectivity index (χ1n) is 3.38. The average molecular weight is 198 g/mol. The molecule has 13 heavy (non-hydrogen) atoms. The highest BCUT2D eigenvalue weighted by Gasteiger charge is 2.13. The molecule has 0 radical (unpaired) electrons. The maximum Gasteiger partial charge on any atom is 0.352 e. The van der Waals surface area contributed by atoms with Crippen LogP contribution in [0.15, 0.2) is 30.3 Å². The standard InChI is InChI=1S/C8H6O4S/c9-8(10)7(13(11)12)6-4-2-1-3-5-6/h1-5H,(H,9,10). The summed E-state index contributed by atoms with van der Waals surface area (Å²) in [7, 11) is -2.72. The molecule has 4 nitrogen and oxygen atoms in total. The van der Waals surface area contributed by atoms with Gasteiger partial charge < -0.3 is 5.11 Å². The zero-order valence-electron chi connectivity index (χ0n) is 6.47. The molecule has 5 heteroatoms. The van der Waals surface area contributed by atoms with E-state index in [1.165, 1.54) is 12.1 Å². The van der Waals surface area contributed by atoms with Crippen LogP contribution in [0.25, 0.3) is 0 Å². The van der Waals surface area contributed by atoms with E-state index in [9.17, 15) is 13.2 Å². The van der Waals surface area contributed by atoms with Gasteiger partial charge in [0.15, 0.2) is 4.86 Å². The minimum Gasteiger partial charge on any atom is -0.477 e. The van der Waals surface area contributed by atoms with Crippen LogP contribution >= 0.6 is 0 Å². The van der Waals surface area contributed by atoms with Gasteiger partial charge in [0.1, 0.15) is 0 Å². The van der Waals surface area contributed by atoms with Crippen LogP contribution in [-0.2, 0) is 15.1 Å². The molecule has 0 bridgehead atoms. The molecule has 1 aromatic rings. The van der Waals surface area contributed by atoms with E-state index < -0.39 is 21.1 Å². The largest absolute Gasteiger partial charge is 0.477 e. The highest BCUT2D eigenvalue weighted by molar-refractivity contribution is 7.75. The molecule has 0 aliphatic rings. The highest BCUT2D eigenvalue weighted by Crippen LogP contribution is 1.99. The van der Waals surface area contributed by atoms with Crippen molar-refractivity contribution in [3.63, 3.8) is 0 Å². The smallest absolute Gasteiger partial charge is 0.352 e. The number of carbonyl (C=O) groups is 1. The first-order valence-corrected chi connectivity index (χ1v) is 4.45. The van der Waals surface area contributed by atoms with Gasteiger partial charge in [-0.3, -0.25) is 0 Å². The summed E-state index contributed by atoms with van der Waals surface area (Å²) < 4.78 is 21.0. The first-order chi connectivity index (χ1) is 6.13. The maximum absolute atomic E-state index is 10.5. The Balaban J connectivity index is 3.38. The van der Waals surface area contributed by atoms with Crippen LogP contribution in [0.3, 0.4) is 0 Å². The van der Waals surface area contributed by atoms with Crippen molar-refractivity contribution in [3.8, 4) is 0 Å². The highest BCUT2D eigenvalue weighted by atomic mass is 32.2. The van der Waals surface area contributed by atoms with E-state index >= 15 is 0 Å². The third kappa shape index (κ3) is 2.16. The second kappa shape index (κ2) is 3.86. The van der Waals surface area contributed by atoms with Crippen molar-refractivity contribution in [2.45, 2.75) is 0 Å². The van der Waals surface area contributed by atoms with Crippen molar-refractivity contribution in [2.75, 3.05) is 0 Å². The predicted molar refractivity (Wildman–Crippen MR) is 47.1 cm³/mol. The maximum atomic E-state index is 10.5. The molecule has 0 aliphatic heterocycles. The van der Waals surface area contributed by atoms with Gasteiger partial charge in [0.2, 0.25) is 10.3 Å². The number of hydrogen-bond donors (Lipinski definition) is 1. The molecule has 0 unspecified atom stereocenters. The minimum absolute atomic E-state index is 0.184. The fraction of sp³-hybridized carbons (Fsp3) is 0. The molecular formula is C8H6O4S. The molecule has 1 rings (SSSR count). The molecule has 0 heterocycles. The van der Waals surface area contributed by atoms with Gasteiger partial charge >= 0.3 is 5.97 Å². The second-order valence-corrected chi connectivity index (χ2v) is 3.11. The van der Waals surface area contributed by atoms with Gasteiger partial charge in [0, 0.05) is 5.56 Å². The Hall–Kier alpha value is -1.62. The Kier molecular flexibility index (Phi) is 2.81. The van der Waals surface area contributed by atoms with Crippen LogP contribution in [-0.4, -0.2) is 24.4 Å². The van der Waals surface area contributed by atoms with E-state index in [0.29, 0.717) is 0 Å². The summed E-state index contributed by atoms with van der Waals surface area (Å²) in [5.41, 5.74) is 0.184. The third-order valence-corrected chi connectivity index (χ3v) is 2.14. The van der Waals surface area contributed by atoms with Gasteiger partial charge in [-0.2, -0.15) is 8.42 Å². The van der Waals surface area contributed by atoms with Crippen LogP contribution in [0.2, 0.25) is 0 Å². The normalized spacial score (nSPS) is 9.23. The van der Waals surface area contributed by atoms with Gasteiger partial charge in [-0.25, -0.2) is 4.79 Å². The number of carboxylic acids is 1. The Labute approximate surface area is 76.0 Å². The Morgan fingerprint density at radius 1 is 1.15 bits per heavy atom. The number of benzene rings is 1. The van der Waals surface area contributed by atoms with E-state index in [1.807, 2.05) is 0 Å². The Morgan fingerprint density at radius 2 is 1.69 bits per heavy atom. The van der Waals surface area contributed by atoms with Gasteiger partial charge in [-0.05, 0) is 0 Å². The summed E-state index contributed by atoms with van der Waals surface area (Å²) in [4.78, 5) is 9.90. The summed E-state index contributed by atoms with van der Waals surface area (Å²) in [6.45, 7) is 0. The van der Waals surface area contributed by atoms with Gasteiger partial charge in [-0.15, -0.1) is 0 Å². The molecule has 0 aliphatic carbocycles. The molecule has 0 aromatic heterocycles. The molecule has 0 spiro atoms. The SMILES string of the molecule is O=C(O)C(c1ccccc1)=S(=O)=O. The van der Waals surface area contributed by atoms with Crippen molar-refractivity contribution in [2.24, 2.45) is 0 Å². The topological polar surface area (TPSA) is 71.4 Å². The first kappa shape index (κ1) is 9.47. The molecule has 0 fully saturated rings. The van der Waals surface area contributed by atoms with Gasteiger partial charge in [0.25, 0.3) is 0 Å². The lowest BCUT2D eigenvalue weighted by molar-refractivity contribution is -0.129. The van der Waals surface area contributed by atoms with Crippen molar-refractivity contribution in [3.05, 3.63) is 35.9 Å². The fourth-order valence-electron chi connectivity index (χ4n) is 0.881. The quantitative estimate of drug-likeness (QED) is 0.543. The molecular weight excluding hydrogens is 192 g/mol. The predicted octanol–water partition coefficient (Wildman–Crippen LogP) is 0.171. The number of rotatable bonds is 2. The fourth-order valence-corrected chi connectivity index (χ4v) is 1.35. The second-order valence-electron chi connectivity index (χ2n) is 2.24. The average Bonchev–Trinajstić information content (AvgIpc) is 2.04. The Bertz CT molecular complexity index is 436. The van der Waals surface area contributed by atoms with Crippen molar-refractivity contribution >= 4 is 21.1 Å². The van der Waals surface area contributed by atoms with E-state index in [4.69, 9.17) is 5.11 Å². The molecule has 0 amide bonds. The zero-order chi connectivity index (χ0) is 9.84. The van der Waals surface area contributed by atoms with Crippen LogP contribution in [0.5, 0.6) is 0 Å². The van der Waals surface area contributed by atoms with Crippen molar-refractivity contribution in [1.29, 1.82) is 0 Å². The summed E-state index contributed by atoms with van der Waals surface area (Å²) in [6.07, 6.45) is 0. The summed E-state index contributed by atoms with van der Waals surface area (Å²) in [5, 5.41) is 8.57. The number of aliphatic carboxylic acids is 1. The number of carboxylic acid groups (broad SMARTS) is 1. The van der Waals surface area contributed by atoms with E-state index in [-0.39, 0.29) is 5.56 Å². The lowest BCUT2D eigenvalue weighted by Gasteiger charge is -1.94. The minimum atomic E-state index is -2.72. The van der Waals surface area contributed by atoms with Gasteiger partial charge in [0.05, 0.1) is 0 Å². The van der Waals surface area contributed by atoms with Crippen LogP contribution in [0.4, 0.5) is 0 Å². The lowest BCUT2D eigenvalue weighted by atomic mass is 10.1. The van der Waals surface area contributed by atoms with E-state index in [2.05, 4.69) is 0 Å². The van der Waals surface area contributed by atoms with Crippen LogP contribution in [0.1, 0.15) is 5.56 Å². The number of hydrogen-bond acceptors (Lipinski definition) is 3. The molecule has 0 saturated heterocycles. The third-order valence-electron chi connectivity index (χ3n) is 1.40. The Morgan fingerprint density at radius 3 is 2.08 bits per heavy atom. The summed E-state index contributed by atoms with van der Waals surface area (Å²) in [6, 6.07) is 7.69. The van der Waals surface area contributed by atoms with Crippen LogP contribution in [0, 0.1) is 0 Å². The van der Waals surface area contributed by atoms with Crippen LogP contribution < -0.4 is 0 Å². The summed E-state index contributed by atoms with van der Waals surface area (Å²) >= 11 is 0. The van der Waals surface area contributed by atoms with E-state index in [1.54, 1.807) is 18.2 Å². The van der Waals surface area contributed by atoms with Gasteiger partial charge in [-0.1, -0.05) is 30.3 Å². The molecule has 0 saturated carbocycles. The molecule has 1 N–H and O–H groups in total. The lowest BCUT2D eigenvalue weighted by Crippen LogP contribution is -2.15. The van der Waals surface area contributed by atoms with Crippen molar-refractivity contribution in [1.82, 2.24) is 0 Å². The molecule has 68 valence electrons.